The van der Waals surface area contributed by atoms with Crippen molar-refractivity contribution in [1.82, 2.24) is 0 Å². The van der Waals surface area contributed by atoms with Gasteiger partial charge in [-0.2, -0.15) is 0 Å². The predicted octanol–water partition coefficient (Wildman–Crippen LogP) is -0.455. The van der Waals surface area contributed by atoms with E-state index in [9.17, 15) is 4.79 Å². The van der Waals surface area contributed by atoms with E-state index in [2.05, 4.69) is 0 Å². The minimum atomic E-state index is -0.159. The SMILES string of the molecule is BC(=O)c1ccc(CO)o1. The second kappa shape index (κ2) is 2.71. The van der Waals surface area contributed by atoms with Crippen molar-refractivity contribution >= 4 is 13.5 Å². The van der Waals surface area contributed by atoms with Gasteiger partial charge in [0.15, 0.2) is 13.6 Å². The third-order valence-corrected chi connectivity index (χ3v) is 1.16. The fraction of sp³-hybridized carbons (Fsp3) is 0.167. The zero-order chi connectivity index (χ0) is 7.56. The van der Waals surface area contributed by atoms with Crippen LogP contribution in [0.25, 0.3) is 0 Å². The molecule has 1 N–H and O–H groups in total. The molecule has 0 unspecified atom stereocenters. The van der Waals surface area contributed by atoms with Crippen molar-refractivity contribution in [3.05, 3.63) is 23.7 Å². The number of aliphatic hydroxyl groups excluding tert-OH is 1. The molecule has 1 aromatic rings. The molecular formula is C6H7BO3. The summed E-state index contributed by atoms with van der Waals surface area (Å²) in [7, 11) is 1.42. The van der Waals surface area contributed by atoms with Gasteiger partial charge in [-0.05, 0) is 12.1 Å². The summed E-state index contributed by atoms with van der Waals surface area (Å²) < 4.78 is 4.89. The fourth-order valence-corrected chi connectivity index (χ4v) is 0.652. The van der Waals surface area contributed by atoms with E-state index in [-0.39, 0.29) is 12.3 Å². The Bertz CT molecular complexity index is 241. The maximum absolute atomic E-state index is 10.6. The van der Waals surface area contributed by atoms with Crippen LogP contribution in [0, 0.1) is 0 Å². The first-order valence-electron chi connectivity index (χ1n) is 2.94. The third-order valence-electron chi connectivity index (χ3n) is 1.16. The van der Waals surface area contributed by atoms with Crippen LogP contribution in [0.4, 0.5) is 0 Å². The maximum Gasteiger partial charge on any atom is 0.198 e. The zero-order valence-electron chi connectivity index (χ0n) is 5.63. The standard InChI is InChI=1S/C6H7BO3/c7-6(9)5-2-1-4(3-8)10-5/h1-2,8H,3,7H2. The molecule has 0 aromatic carbocycles. The molecule has 0 amide bonds. The number of carbonyl (C=O) groups excluding carboxylic acids is 1. The summed E-state index contributed by atoms with van der Waals surface area (Å²) in [5.74, 6) is 0.717. The molecule has 1 rings (SSSR count). The summed E-state index contributed by atoms with van der Waals surface area (Å²) in [6, 6.07) is 3.13. The van der Waals surface area contributed by atoms with Crippen LogP contribution >= 0.6 is 0 Å². The monoisotopic (exact) mass is 138 g/mol. The molecule has 4 heteroatoms. The number of furan rings is 1. The Morgan fingerprint density at radius 1 is 1.70 bits per heavy atom. The average molecular weight is 138 g/mol. The van der Waals surface area contributed by atoms with Crippen molar-refractivity contribution in [1.29, 1.82) is 0 Å². The van der Waals surface area contributed by atoms with Gasteiger partial charge in [-0.3, -0.25) is 0 Å². The molecule has 0 spiro atoms. The second-order valence-corrected chi connectivity index (χ2v) is 1.98. The molecule has 0 saturated carbocycles. The number of hydrogen-bond donors (Lipinski definition) is 1. The lowest BCUT2D eigenvalue weighted by Crippen LogP contribution is -1.93. The van der Waals surface area contributed by atoms with E-state index in [1.54, 1.807) is 12.1 Å². The van der Waals surface area contributed by atoms with Crippen molar-refractivity contribution in [2.24, 2.45) is 0 Å². The van der Waals surface area contributed by atoms with E-state index >= 15 is 0 Å². The van der Waals surface area contributed by atoms with Crippen molar-refractivity contribution < 1.29 is 14.3 Å². The normalized spacial score (nSPS) is 9.70. The molecule has 0 aliphatic heterocycles. The number of aliphatic hydroxyl groups is 1. The van der Waals surface area contributed by atoms with Gasteiger partial charge < -0.3 is 14.3 Å². The topological polar surface area (TPSA) is 50.4 Å². The molecule has 1 heterocycles. The molecule has 0 bridgehead atoms. The van der Waals surface area contributed by atoms with Crippen LogP contribution in [0.15, 0.2) is 16.5 Å². The van der Waals surface area contributed by atoms with E-state index in [0.29, 0.717) is 11.5 Å². The average Bonchev–Trinajstić information content (AvgIpc) is 2.34. The molecule has 0 radical (unpaired) electrons. The van der Waals surface area contributed by atoms with Crippen LogP contribution in [-0.4, -0.2) is 18.6 Å². The van der Waals surface area contributed by atoms with Gasteiger partial charge in [0.05, 0.1) is 0 Å². The first-order valence-corrected chi connectivity index (χ1v) is 2.94. The molecule has 1 aromatic heterocycles. The van der Waals surface area contributed by atoms with Gasteiger partial charge in [-0.15, -0.1) is 0 Å². The lowest BCUT2D eigenvalue weighted by Gasteiger charge is -1.86. The third kappa shape index (κ3) is 1.27. The summed E-state index contributed by atoms with van der Waals surface area (Å²) >= 11 is 0. The molecule has 0 saturated heterocycles. The lowest BCUT2D eigenvalue weighted by molar-refractivity contribution is 0.105. The number of carbonyl (C=O) groups is 1. The van der Waals surface area contributed by atoms with E-state index < -0.39 is 0 Å². The van der Waals surface area contributed by atoms with Crippen LogP contribution < -0.4 is 0 Å². The highest BCUT2D eigenvalue weighted by atomic mass is 16.4. The molecule has 0 fully saturated rings. The Kier molecular flexibility index (Phi) is 1.92. The Labute approximate surface area is 59.1 Å². The Hall–Kier alpha value is -1.03. The molecule has 52 valence electrons. The number of hydrogen-bond acceptors (Lipinski definition) is 3. The minimum Gasteiger partial charge on any atom is -0.457 e. The van der Waals surface area contributed by atoms with Crippen LogP contribution in [0.5, 0.6) is 0 Å². The summed E-state index contributed by atoms with van der Waals surface area (Å²) in [4.78, 5) is 10.6. The van der Waals surface area contributed by atoms with Crippen molar-refractivity contribution in [2.45, 2.75) is 6.61 Å². The summed E-state index contributed by atoms with van der Waals surface area (Å²) in [5.41, 5.74) is -0.125. The molecule has 0 aliphatic rings. The van der Waals surface area contributed by atoms with Crippen molar-refractivity contribution in [3.8, 4) is 0 Å². The molecule has 0 atom stereocenters. The van der Waals surface area contributed by atoms with Crippen LogP contribution in [0.3, 0.4) is 0 Å². The van der Waals surface area contributed by atoms with Crippen LogP contribution in [0.2, 0.25) is 0 Å². The molecular weight excluding hydrogens is 131 g/mol. The molecule has 10 heavy (non-hydrogen) atoms. The Balaban J connectivity index is 2.88. The van der Waals surface area contributed by atoms with Crippen LogP contribution in [-0.2, 0) is 6.61 Å². The van der Waals surface area contributed by atoms with Crippen molar-refractivity contribution in [3.63, 3.8) is 0 Å². The second-order valence-electron chi connectivity index (χ2n) is 1.98. The quantitative estimate of drug-likeness (QED) is 0.562. The number of rotatable bonds is 2. The van der Waals surface area contributed by atoms with Gasteiger partial charge in [0.1, 0.15) is 18.0 Å². The fourth-order valence-electron chi connectivity index (χ4n) is 0.652. The Morgan fingerprint density at radius 3 is 2.70 bits per heavy atom. The first-order chi connectivity index (χ1) is 4.74. The highest BCUT2D eigenvalue weighted by molar-refractivity contribution is 6.61. The lowest BCUT2D eigenvalue weighted by atomic mass is 10.0. The van der Waals surface area contributed by atoms with E-state index in [4.69, 9.17) is 9.52 Å². The highest BCUT2D eigenvalue weighted by Crippen LogP contribution is 2.06. The molecule has 3 nitrogen and oxygen atoms in total. The van der Waals surface area contributed by atoms with Gasteiger partial charge in [0.2, 0.25) is 0 Å². The van der Waals surface area contributed by atoms with Gasteiger partial charge in [-0.25, -0.2) is 0 Å². The summed E-state index contributed by atoms with van der Waals surface area (Å²) in [6.07, 6.45) is 0. The first kappa shape index (κ1) is 7.09. The largest absolute Gasteiger partial charge is 0.457 e. The van der Waals surface area contributed by atoms with E-state index in [1.807, 2.05) is 0 Å². The van der Waals surface area contributed by atoms with E-state index in [1.165, 1.54) is 7.85 Å². The maximum atomic E-state index is 10.6. The van der Waals surface area contributed by atoms with E-state index in [0.717, 1.165) is 0 Å². The van der Waals surface area contributed by atoms with Gasteiger partial charge in [0.25, 0.3) is 0 Å². The summed E-state index contributed by atoms with van der Waals surface area (Å²) in [5, 5.41) is 8.53. The minimum absolute atomic E-state index is 0.125. The summed E-state index contributed by atoms with van der Waals surface area (Å²) in [6.45, 7) is -0.159. The smallest absolute Gasteiger partial charge is 0.198 e. The predicted molar refractivity (Wildman–Crippen MR) is 37.5 cm³/mol. The molecule has 0 aliphatic carbocycles. The van der Waals surface area contributed by atoms with Crippen LogP contribution in [0.1, 0.15) is 16.3 Å². The van der Waals surface area contributed by atoms with Gasteiger partial charge >= 0.3 is 0 Å². The van der Waals surface area contributed by atoms with Crippen molar-refractivity contribution in [2.75, 3.05) is 0 Å². The van der Waals surface area contributed by atoms with Gasteiger partial charge in [0, 0.05) is 0 Å². The Morgan fingerprint density at radius 2 is 2.40 bits per heavy atom. The highest BCUT2D eigenvalue weighted by Gasteiger charge is 2.03. The van der Waals surface area contributed by atoms with Gasteiger partial charge in [-0.1, -0.05) is 0 Å². The zero-order valence-corrected chi connectivity index (χ0v) is 5.63.